The third-order valence-corrected chi connectivity index (χ3v) is 3.97. The lowest BCUT2D eigenvalue weighted by molar-refractivity contribution is -0.383. The van der Waals surface area contributed by atoms with E-state index in [9.17, 15) is 14.9 Å². The Hall–Kier alpha value is -2.48. The normalized spacial score (nSPS) is 11.9. The van der Waals surface area contributed by atoms with Gasteiger partial charge in [-0.1, -0.05) is 13.0 Å². The minimum atomic E-state index is -0.607. The largest absolute Gasteiger partial charge is 0.393 e. The van der Waals surface area contributed by atoms with Gasteiger partial charge >= 0.3 is 0 Å². The molecule has 0 fully saturated rings. The van der Waals surface area contributed by atoms with Crippen LogP contribution in [0.4, 0.5) is 11.4 Å². The second-order valence-corrected chi connectivity index (χ2v) is 5.40. The van der Waals surface area contributed by atoms with E-state index in [0.29, 0.717) is 6.54 Å². The highest BCUT2D eigenvalue weighted by Gasteiger charge is 2.19. The van der Waals surface area contributed by atoms with E-state index < -0.39 is 10.8 Å². The van der Waals surface area contributed by atoms with Crippen LogP contribution in [0.25, 0.3) is 0 Å². The predicted octanol–water partition coefficient (Wildman–Crippen LogP) is 2.17. The smallest absolute Gasteiger partial charge is 0.292 e. The van der Waals surface area contributed by atoms with Crippen LogP contribution in [0.5, 0.6) is 0 Å². The summed E-state index contributed by atoms with van der Waals surface area (Å²) in [5.41, 5.74) is 5.39. The lowest BCUT2D eigenvalue weighted by Gasteiger charge is -2.11. The molecule has 0 radical (unpaired) electrons. The molecule has 0 aliphatic heterocycles. The van der Waals surface area contributed by atoms with Gasteiger partial charge in [-0.05, 0) is 6.07 Å². The van der Waals surface area contributed by atoms with Gasteiger partial charge in [0.25, 0.3) is 11.6 Å². The van der Waals surface area contributed by atoms with Crippen LogP contribution < -0.4 is 11.1 Å². The minimum Gasteiger partial charge on any atom is -0.393 e. The van der Waals surface area contributed by atoms with E-state index in [4.69, 9.17) is 5.73 Å². The van der Waals surface area contributed by atoms with Crippen LogP contribution in [-0.2, 0) is 0 Å². The van der Waals surface area contributed by atoms with Gasteiger partial charge in [0, 0.05) is 30.1 Å². The second-order valence-electron chi connectivity index (χ2n) is 4.48. The first-order valence-electron chi connectivity index (χ1n) is 6.21. The zero-order valence-corrected chi connectivity index (χ0v) is 12.1. The first-order chi connectivity index (χ1) is 10.0. The molecule has 2 rings (SSSR count). The van der Waals surface area contributed by atoms with Gasteiger partial charge in [-0.15, -0.1) is 11.3 Å². The monoisotopic (exact) mass is 306 g/mol. The summed E-state index contributed by atoms with van der Waals surface area (Å²) in [4.78, 5) is 26.5. The number of carbonyl (C=O) groups is 1. The van der Waals surface area contributed by atoms with Crippen LogP contribution >= 0.6 is 11.3 Å². The fourth-order valence-electron chi connectivity index (χ4n) is 1.82. The van der Waals surface area contributed by atoms with Crippen LogP contribution in [-0.4, -0.2) is 22.4 Å². The standard InChI is InChI=1S/C13H14N4O3S/c1-8(13-15-5-6-21-13)7-16-12(18)9-3-2-4-10(11(9)14)17(19)20/h2-6,8H,7,14H2,1H3,(H,16,18). The van der Waals surface area contributed by atoms with E-state index >= 15 is 0 Å². The number of amides is 1. The van der Waals surface area contributed by atoms with Crippen LogP contribution in [0, 0.1) is 10.1 Å². The zero-order chi connectivity index (χ0) is 15.4. The van der Waals surface area contributed by atoms with Crippen molar-refractivity contribution in [2.75, 3.05) is 12.3 Å². The quantitative estimate of drug-likeness (QED) is 0.499. The molecule has 1 unspecified atom stereocenters. The number of nitro benzene ring substituents is 1. The molecule has 2 aromatic rings. The maximum Gasteiger partial charge on any atom is 0.292 e. The summed E-state index contributed by atoms with van der Waals surface area (Å²) in [7, 11) is 0. The van der Waals surface area contributed by atoms with Crippen LogP contribution in [0.15, 0.2) is 29.8 Å². The van der Waals surface area contributed by atoms with E-state index in [0.717, 1.165) is 5.01 Å². The number of thiazole rings is 1. The SMILES string of the molecule is CC(CNC(=O)c1cccc([N+](=O)[O-])c1N)c1nccs1. The molecule has 1 atom stereocenters. The van der Waals surface area contributed by atoms with Crippen molar-refractivity contribution >= 4 is 28.6 Å². The first kappa shape index (κ1) is 14.9. The van der Waals surface area contributed by atoms with Gasteiger partial charge in [0.2, 0.25) is 0 Å². The molecule has 0 aliphatic rings. The van der Waals surface area contributed by atoms with Crippen molar-refractivity contribution in [1.29, 1.82) is 0 Å². The molecule has 3 N–H and O–H groups in total. The number of rotatable bonds is 5. The number of nitrogens with zero attached hydrogens (tertiary/aromatic N) is 2. The summed E-state index contributed by atoms with van der Waals surface area (Å²) in [6.07, 6.45) is 1.71. The molecule has 21 heavy (non-hydrogen) atoms. The summed E-state index contributed by atoms with van der Waals surface area (Å²) >= 11 is 1.51. The molecule has 0 saturated carbocycles. The van der Waals surface area contributed by atoms with Crippen molar-refractivity contribution in [3.63, 3.8) is 0 Å². The van der Waals surface area contributed by atoms with Gasteiger partial charge in [0.05, 0.1) is 15.5 Å². The summed E-state index contributed by atoms with van der Waals surface area (Å²) < 4.78 is 0. The van der Waals surface area contributed by atoms with Crippen molar-refractivity contribution in [1.82, 2.24) is 10.3 Å². The Balaban J connectivity index is 2.07. The number of hydrogen-bond donors (Lipinski definition) is 2. The first-order valence-corrected chi connectivity index (χ1v) is 7.09. The van der Waals surface area contributed by atoms with Crippen molar-refractivity contribution in [3.05, 3.63) is 50.5 Å². The molecule has 1 heterocycles. The fraction of sp³-hybridized carbons (Fsp3) is 0.231. The highest BCUT2D eigenvalue weighted by molar-refractivity contribution is 7.09. The molecule has 110 valence electrons. The van der Waals surface area contributed by atoms with Gasteiger partial charge < -0.3 is 11.1 Å². The molecule has 7 nitrogen and oxygen atoms in total. The topological polar surface area (TPSA) is 111 Å². The third kappa shape index (κ3) is 3.34. The molecular weight excluding hydrogens is 292 g/mol. The molecule has 0 aliphatic carbocycles. The number of para-hydroxylation sites is 1. The molecular formula is C13H14N4O3S. The summed E-state index contributed by atoms with van der Waals surface area (Å²) in [6, 6.07) is 4.17. The number of nitrogens with two attached hydrogens (primary N) is 1. The molecule has 8 heteroatoms. The van der Waals surface area contributed by atoms with Gasteiger partial charge in [-0.3, -0.25) is 14.9 Å². The number of anilines is 1. The highest BCUT2D eigenvalue weighted by Crippen LogP contribution is 2.25. The van der Waals surface area contributed by atoms with Crippen LogP contribution in [0.3, 0.4) is 0 Å². The van der Waals surface area contributed by atoms with E-state index in [2.05, 4.69) is 10.3 Å². The Labute approximate surface area is 125 Å². The van der Waals surface area contributed by atoms with Gasteiger partial charge in [0.15, 0.2) is 0 Å². The number of carbonyl (C=O) groups excluding carboxylic acids is 1. The van der Waals surface area contributed by atoms with Crippen LogP contribution in [0.2, 0.25) is 0 Å². The molecule has 1 amide bonds. The minimum absolute atomic E-state index is 0.0638. The lowest BCUT2D eigenvalue weighted by atomic mass is 10.1. The molecule has 1 aromatic carbocycles. The number of hydrogen-bond acceptors (Lipinski definition) is 6. The summed E-state index contributed by atoms with van der Waals surface area (Å²) in [5.74, 6) is -0.367. The Morgan fingerprint density at radius 3 is 2.95 bits per heavy atom. The summed E-state index contributed by atoms with van der Waals surface area (Å²) in [5, 5.41) is 16.3. The summed E-state index contributed by atoms with van der Waals surface area (Å²) in [6.45, 7) is 2.32. The highest BCUT2D eigenvalue weighted by atomic mass is 32.1. The Morgan fingerprint density at radius 2 is 2.33 bits per heavy atom. The number of nitrogens with one attached hydrogen (secondary N) is 1. The van der Waals surface area contributed by atoms with Crippen molar-refractivity contribution in [3.8, 4) is 0 Å². The van der Waals surface area contributed by atoms with E-state index in [-0.39, 0.29) is 22.9 Å². The zero-order valence-electron chi connectivity index (χ0n) is 11.3. The maximum atomic E-state index is 12.1. The third-order valence-electron chi connectivity index (χ3n) is 2.97. The fourth-order valence-corrected chi connectivity index (χ4v) is 2.51. The average molecular weight is 306 g/mol. The van der Waals surface area contributed by atoms with E-state index in [1.807, 2.05) is 12.3 Å². The van der Waals surface area contributed by atoms with Gasteiger partial charge in [-0.2, -0.15) is 0 Å². The van der Waals surface area contributed by atoms with E-state index in [1.165, 1.54) is 29.5 Å². The van der Waals surface area contributed by atoms with Gasteiger partial charge in [0.1, 0.15) is 5.69 Å². The van der Waals surface area contributed by atoms with Gasteiger partial charge in [-0.25, -0.2) is 4.98 Å². The lowest BCUT2D eigenvalue weighted by Crippen LogP contribution is -2.28. The molecule has 0 saturated heterocycles. The Bertz CT molecular complexity index is 657. The Morgan fingerprint density at radius 1 is 1.57 bits per heavy atom. The van der Waals surface area contributed by atoms with Crippen molar-refractivity contribution in [2.45, 2.75) is 12.8 Å². The number of nitrogen functional groups attached to an aromatic ring is 1. The molecule has 0 spiro atoms. The predicted molar refractivity (Wildman–Crippen MR) is 80.4 cm³/mol. The number of aromatic nitrogens is 1. The van der Waals surface area contributed by atoms with Crippen molar-refractivity contribution < 1.29 is 9.72 Å². The number of benzene rings is 1. The van der Waals surface area contributed by atoms with E-state index in [1.54, 1.807) is 6.20 Å². The maximum absolute atomic E-state index is 12.1. The van der Waals surface area contributed by atoms with Crippen LogP contribution in [0.1, 0.15) is 28.2 Å². The Kier molecular flexibility index (Phi) is 4.49. The number of nitro groups is 1. The molecule has 1 aromatic heterocycles. The second kappa shape index (κ2) is 6.31. The van der Waals surface area contributed by atoms with Crippen molar-refractivity contribution in [2.24, 2.45) is 0 Å². The molecule has 0 bridgehead atoms. The average Bonchev–Trinajstić information content (AvgIpc) is 2.98.